The molecule has 15 heterocycles. The molecule has 0 saturated heterocycles. The van der Waals surface area contributed by atoms with E-state index in [1.165, 1.54) is 138 Å². The molecule has 560 valence electrons. The van der Waals surface area contributed by atoms with Gasteiger partial charge in [-0.1, -0.05) is 34.2 Å². The van der Waals surface area contributed by atoms with Gasteiger partial charge < -0.3 is 11.5 Å². The molecule has 5 N–H and O–H groups in total. The van der Waals surface area contributed by atoms with Gasteiger partial charge >= 0.3 is 0 Å². The number of fused-ring (bicyclic) bond motifs is 5. The molecule has 0 atom stereocenters. The summed E-state index contributed by atoms with van der Waals surface area (Å²) in [5.41, 5.74) is 18.2. The van der Waals surface area contributed by atoms with Gasteiger partial charge in [0.25, 0.3) is 0 Å². The number of aryl methyl sites for hydroxylation is 6. The van der Waals surface area contributed by atoms with Gasteiger partial charge in [-0.05, 0) is 177 Å². The van der Waals surface area contributed by atoms with Gasteiger partial charge in [-0.3, -0.25) is 45.3 Å². The number of aliphatic imine (C=N–C) groups is 2. The Bertz CT molecular complexity index is 5640. The van der Waals surface area contributed by atoms with Gasteiger partial charge in [0.2, 0.25) is 0 Å². The number of aromatic nitrogens is 16. The summed E-state index contributed by atoms with van der Waals surface area (Å²) < 4.78 is 139. The van der Waals surface area contributed by atoms with Crippen molar-refractivity contribution < 1.29 is 43.9 Å². The molecule has 109 heavy (non-hydrogen) atoms. The molecule has 2 aliphatic heterocycles. The van der Waals surface area contributed by atoms with E-state index in [2.05, 4.69) is 120 Å². The Morgan fingerprint density at radius 2 is 0.862 bits per heavy atom. The number of nitrogen functional groups attached to an aromatic ring is 1. The smallest absolute Gasteiger partial charge is 0.172 e. The predicted octanol–water partition coefficient (Wildman–Crippen LogP) is 15.2. The Hall–Kier alpha value is -10.4. The van der Waals surface area contributed by atoms with Crippen molar-refractivity contribution in [3.63, 3.8) is 0 Å². The number of alkyl halides is 2. The highest BCUT2D eigenvalue weighted by molar-refractivity contribution is 14.1. The molecule has 15 rings (SSSR count). The van der Waals surface area contributed by atoms with Crippen molar-refractivity contribution in [2.24, 2.45) is 21.5 Å². The van der Waals surface area contributed by atoms with Crippen LogP contribution in [0.5, 0.6) is 0 Å². The quantitative estimate of drug-likeness (QED) is 0.0318. The molecule has 38 heteroatoms. The minimum atomic E-state index is -0.515. The van der Waals surface area contributed by atoms with E-state index in [9.17, 15) is 43.9 Å². The molecule has 23 nitrogen and oxygen atoms in total. The predicted molar refractivity (Wildman–Crippen MR) is 414 cm³/mol. The first-order chi connectivity index (χ1) is 52.0. The van der Waals surface area contributed by atoms with Crippen molar-refractivity contribution in [3.05, 3.63) is 273 Å². The number of rotatable bonds is 8. The number of pyridine rings is 10. The highest BCUT2D eigenvalue weighted by Gasteiger charge is 2.22. The number of nitriles is 2. The third-order valence-corrected chi connectivity index (χ3v) is 17.4. The Balaban J connectivity index is 0.000000163. The van der Waals surface area contributed by atoms with Crippen LogP contribution in [0.15, 0.2) is 120 Å². The Kier molecular flexibility index (Phi) is 29.8. The molecule has 0 spiro atoms. The molecule has 2 aliphatic rings. The zero-order valence-corrected chi connectivity index (χ0v) is 65.9. The lowest BCUT2D eigenvalue weighted by atomic mass is 10.2. The van der Waals surface area contributed by atoms with E-state index < -0.39 is 34.9 Å². The summed E-state index contributed by atoms with van der Waals surface area (Å²) in [5.74, 6) is -3.97. The molecule has 0 fully saturated rings. The van der Waals surface area contributed by atoms with Crippen molar-refractivity contribution in [2.45, 2.75) is 80.1 Å². The number of nitrogens with one attached hydrogen (secondary N) is 1. The zero-order valence-electron chi connectivity index (χ0n) is 57.9. The fraction of sp³-hybridized carbons (Fsp3) is 0.183. The van der Waals surface area contributed by atoms with Crippen molar-refractivity contribution in [2.75, 3.05) is 4.93 Å². The van der Waals surface area contributed by atoms with Gasteiger partial charge in [0.05, 0.1) is 129 Å². The number of halogens is 15. The van der Waals surface area contributed by atoms with E-state index in [-0.39, 0.29) is 117 Å². The van der Waals surface area contributed by atoms with Gasteiger partial charge in [0.1, 0.15) is 100 Å². The fourth-order valence-corrected chi connectivity index (χ4v) is 11.3. The van der Waals surface area contributed by atoms with Gasteiger partial charge in [0.15, 0.2) is 22.6 Å². The highest BCUT2D eigenvalue weighted by atomic mass is 127. The van der Waals surface area contributed by atoms with Gasteiger partial charge in [-0.2, -0.15) is 25.8 Å². The van der Waals surface area contributed by atoms with E-state index in [1.54, 1.807) is 26.8 Å². The lowest BCUT2D eigenvalue weighted by Crippen LogP contribution is -2.13. The number of amidine groups is 2. The summed E-state index contributed by atoms with van der Waals surface area (Å²) in [4.78, 5) is 49.8. The van der Waals surface area contributed by atoms with Crippen molar-refractivity contribution in [3.8, 4) is 12.1 Å². The Morgan fingerprint density at radius 3 is 1.31 bits per heavy atom. The fourth-order valence-electron chi connectivity index (χ4n) is 9.61. The molecule has 13 aromatic heterocycles. The molecular formula is C71H56Cl2F10I3N23. The SMILES string of the molecule is CI.Cc1nc(Cl)c(C#N)cc1F.Cc1nc2c(cc1F)C(I)=NC2.Cc1nc2c(cc1F)C(N)=NC2.Cc1nc2c(cc1F)c(C#N)nn2Cc1ncccc1F.Cc1nc2c(cc1F)c(C(=N)N)nn2Cc1ncccc1F.Cc1nc2c(cc1F)c(I)nn2Cc1ncccc1F.Fc1cccnc1CCl. The molecular weight excluding hydrogens is 1820 g/mol. The average molecular weight is 1870 g/mol. The summed E-state index contributed by atoms with van der Waals surface area (Å²) in [6.45, 7) is 10.6. The van der Waals surface area contributed by atoms with Crippen LogP contribution in [0.1, 0.15) is 96.4 Å². The summed E-state index contributed by atoms with van der Waals surface area (Å²) >= 11 is 17.1. The van der Waals surface area contributed by atoms with E-state index in [4.69, 9.17) is 50.6 Å². The Labute approximate surface area is 665 Å². The second-order valence-corrected chi connectivity index (χ2v) is 25.2. The Morgan fingerprint density at radius 1 is 0.486 bits per heavy atom. The third kappa shape index (κ3) is 21.1. The van der Waals surface area contributed by atoms with Gasteiger partial charge in [-0.15, -0.1) is 11.6 Å². The average Bonchev–Trinajstić information content (AvgIpc) is 1.64. The van der Waals surface area contributed by atoms with Gasteiger partial charge in [0, 0.05) is 35.9 Å². The largest absolute Gasteiger partial charge is 0.383 e. The first-order valence-electron chi connectivity index (χ1n) is 31.4. The van der Waals surface area contributed by atoms with Gasteiger partial charge in [-0.25, -0.2) is 77.9 Å². The third-order valence-electron chi connectivity index (χ3n) is 15.2. The summed E-state index contributed by atoms with van der Waals surface area (Å²) in [5, 5.41) is 38.7. The van der Waals surface area contributed by atoms with Crippen LogP contribution < -0.4 is 11.5 Å². The van der Waals surface area contributed by atoms with Crippen LogP contribution >= 0.6 is 91.0 Å². The van der Waals surface area contributed by atoms with Crippen LogP contribution in [-0.4, -0.2) is 99.5 Å². The minimum Gasteiger partial charge on any atom is -0.383 e. The molecule has 0 radical (unpaired) electrons. The summed E-state index contributed by atoms with van der Waals surface area (Å²) in [6, 6.07) is 22.7. The summed E-state index contributed by atoms with van der Waals surface area (Å²) in [7, 11) is 0. The standard InChI is InChI=1S/C14H12F2N6.C14H9F2N5.C13H9F2IN4.C8H6FIN2.C8H8FN3.C7H4ClFN2.C6H5ClFN.CH3I/c1-7-10(16)5-8-12(13(17)18)21-22(14(8)20-7)6-11-9(15)3-2-4-19-11;1-8-11(16)5-9-12(6-17)20-21(14(9)19-8)7-13-10(15)3-2-4-18-13;1-7-10(15)5-8-12(16)19-20(13(8)18-7)6-11-9(14)3-2-4-17-11;2*1-4-6(9)2-5-7(12-4)3-11-8(5)10;1-4-6(9)2-5(3-10)7(8)11-4;7-4-6-5(8)2-1-3-9-6;1-2/h2-5H,6H2,1H3,(H3,17,18);2-5H,7H2,1H3;2-5H,6H2,1H3;2H,3H2,1H3;2H,3H2,1H3,(H2,10,11);2H,1H3;1-3H,4H2;1H3. The number of hydrogen-bond acceptors (Lipinski definition) is 19. The maximum atomic E-state index is 13.7. The zero-order chi connectivity index (χ0) is 79.7. The molecule has 0 bridgehead atoms. The van der Waals surface area contributed by atoms with Crippen molar-refractivity contribution in [1.82, 2.24) is 79.2 Å². The normalized spacial score (nSPS) is 11.3. The maximum Gasteiger partial charge on any atom is 0.172 e. The second-order valence-electron chi connectivity index (χ2n) is 22.5. The number of nitrogens with zero attached hydrogens (tertiary/aromatic N) is 20. The van der Waals surface area contributed by atoms with Crippen LogP contribution in [0.4, 0.5) is 43.9 Å². The monoisotopic (exact) mass is 1870 g/mol. The molecule has 0 saturated carbocycles. The summed E-state index contributed by atoms with van der Waals surface area (Å²) in [6.07, 6.45) is 5.97. The highest BCUT2D eigenvalue weighted by Crippen LogP contribution is 2.27. The van der Waals surface area contributed by atoms with Crippen molar-refractivity contribution >= 4 is 139 Å². The van der Waals surface area contributed by atoms with Crippen LogP contribution in [0, 0.1) is 131 Å². The minimum absolute atomic E-state index is 0.00846. The van der Waals surface area contributed by atoms with Crippen LogP contribution in [0.25, 0.3) is 33.1 Å². The topological polar surface area (TPSA) is 331 Å². The molecule has 0 aliphatic carbocycles. The first-order valence-corrected chi connectivity index (χ1v) is 36.6. The molecule has 0 amide bonds. The number of nitrogens with two attached hydrogens (primary N) is 2. The van der Waals surface area contributed by atoms with E-state index in [0.717, 1.165) is 26.7 Å². The van der Waals surface area contributed by atoms with Crippen LogP contribution in [-0.2, 0) is 38.6 Å². The van der Waals surface area contributed by atoms with E-state index in [1.807, 2.05) is 33.6 Å². The second kappa shape index (κ2) is 38.6. The van der Waals surface area contributed by atoms with Crippen molar-refractivity contribution in [1.29, 1.82) is 15.9 Å². The first kappa shape index (κ1) is 84.2. The molecule has 0 aromatic carbocycles. The van der Waals surface area contributed by atoms with Crippen LogP contribution in [0.3, 0.4) is 0 Å². The van der Waals surface area contributed by atoms with E-state index >= 15 is 0 Å². The maximum absolute atomic E-state index is 13.7. The molecule has 0 unspecified atom stereocenters. The molecule has 13 aromatic rings. The number of hydrogen-bond donors (Lipinski definition) is 3. The lowest BCUT2D eigenvalue weighted by Gasteiger charge is -2.04. The lowest BCUT2D eigenvalue weighted by molar-refractivity contribution is 0.573. The van der Waals surface area contributed by atoms with E-state index in [0.29, 0.717) is 78.4 Å². The van der Waals surface area contributed by atoms with Crippen LogP contribution in [0.2, 0.25) is 5.15 Å².